The number of hydrogen-bond acceptors (Lipinski definition) is 5. The monoisotopic (exact) mass is 440 g/mol. The largest absolute Gasteiger partial charge is 0.385 e. The lowest BCUT2D eigenvalue weighted by Gasteiger charge is -2.11. The van der Waals surface area contributed by atoms with Gasteiger partial charge in [0.2, 0.25) is 11.8 Å². The standard InChI is InChI=1S/C24H32N4O4/c1-17(2)14-22(29)27-20-10-8-19(9-11-20)26-16-23(30)28-21-7-4-6-18(15-21)24(31)25-12-5-13-32-3/h4,6-11,15,17,26H,5,12-14,16H2,1-3H3,(H,25,31)(H,27,29)(H,28,30). The topological polar surface area (TPSA) is 109 Å². The van der Waals surface area contributed by atoms with Crippen LogP contribution in [0.1, 0.15) is 37.0 Å². The molecule has 2 rings (SSSR count). The van der Waals surface area contributed by atoms with Gasteiger partial charge in [0.1, 0.15) is 0 Å². The fourth-order valence-corrected chi connectivity index (χ4v) is 2.90. The molecule has 0 unspecified atom stereocenters. The van der Waals surface area contributed by atoms with E-state index in [0.29, 0.717) is 42.4 Å². The molecular formula is C24H32N4O4. The molecule has 0 saturated carbocycles. The third-order valence-electron chi connectivity index (χ3n) is 4.43. The summed E-state index contributed by atoms with van der Waals surface area (Å²) in [5, 5.41) is 11.5. The zero-order chi connectivity index (χ0) is 23.3. The van der Waals surface area contributed by atoms with Gasteiger partial charge in [-0.15, -0.1) is 0 Å². The maximum absolute atomic E-state index is 12.3. The van der Waals surface area contributed by atoms with Gasteiger partial charge in [0, 0.05) is 49.3 Å². The lowest BCUT2D eigenvalue weighted by atomic mass is 10.1. The van der Waals surface area contributed by atoms with Crippen LogP contribution in [-0.4, -0.2) is 44.5 Å². The SMILES string of the molecule is COCCCNC(=O)c1cccc(NC(=O)CNc2ccc(NC(=O)CC(C)C)cc2)c1. The minimum atomic E-state index is -0.239. The second-order valence-electron chi connectivity index (χ2n) is 7.81. The van der Waals surface area contributed by atoms with Gasteiger partial charge in [-0.25, -0.2) is 0 Å². The molecule has 0 heterocycles. The van der Waals surface area contributed by atoms with Crippen LogP contribution in [0.25, 0.3) is 0 Å². The number of anilines is 3. The minimum Gasteiger partial charge on any atom is -0.385 e. The highest BCUT2D eigenvalue weighted by Gasteiger charge is 2.08. The van der Waals surface area contributed by atoms with E-state index in [1.807, 2.05) is 13.8 Å². The van der Waals surface area contributed by atoms with Crippen molar-refractivity contribution in [3.05, 3.63) is 54.1 Å². The van der Waals surface area contributed by atoms with E-state index in [2.05, 4.69) is 21.3 Å². The molecule has 0 radical (unpaired) electrons. The number of methoxy groups -OCH3 is 1. The van der Waals surface area contributed by atoms with Crippen LogP contribution in [0.4, 0.5) is 17.1 Å². The van der Waals surface area contributed by atoms with Crippen molar-refractivity contribution in [1.82, 2.24) is 5.32 Å². The fraction of sp³-hybridized carbons (Fsp3) is 0.375. The number of amides is 3. The van der Waals surface area contributed by atoms with Crippen LogP contribution >= 0.6 is 0 Å². The van der Waals surface area contributed by atoms with Crippen molar-refractivity contribution in [1.29, 1.82) is 0 Å². The second kappa shape index (κ2) is 13.1. The molecule has 4 N–H and O–H groups in total. The van der Waals surface area contributed by atoms with E-state index < -0.39 is 0 Å². The Bertz CT molecular complexity index is 897. The van der Waals surface area contributed by atoms with Crippen molar-refractivity contribution >= 4 is 34.8 Å². The number of ether oxygens (including phenoxy) is 1. The van der Waals surface area contributed by atoms with Gasteiger partial charge in [0.25, 0.3) is 5.91 Å². The first kappa shape index (κ1) is 24.9. The van der Waals surface area contributed by atoms with E-state index in [-0.39, 0.29) is 24.3 Å². The van der Waals surface area contributed by atoms with Gasteiger partial charge >= 0.3 is 0 Å². The van der Waals surface area contributed by atoms with Gasteiger partial charge in [-0.05, 0) is 54.8 Å². The van der Waals surface area contributed by atoms with Gasteiger partial charge in [-0.1, -0.05) is 19.9 Å². The molecule has 0 aliphatic heterocycles. The molecule has 0 aliphatic rings. The van der Waals surface area contributed by atoms with E-state index in [1.165, 1.54) is 0 Å². The average molecular weight is 441 g/mol. The summed E-state index contributed by atoms with van der Waals surface area (Å²) in [5.74, 6) is -0.163. The molecule has 32 heavy (non-hydrogen) atoms. The van der Waals surface area contributed by atoms with E-state index >= 15 is 0 Å². The number of rotatable bonds is 12. The first-order chi connectivity index (χ1) is 15.4. The smallest absolute Gasteiger partial charge is 0.251 e. The number of benzene rings is 2. The minimum absolute atomic E-state index is 0.0222. The zero-order valence-electron chi connectivity index (χ0n) is 18.9. The first-order valence-electron chi connectivity index (χ1n) is 10.7. The number of carbonyl (C=O) groups excluding carboxylic acids is 3. The molecule has 0 fully saturated rings. The Hall–Kier alpha value is -3.39. The van der Waals surface area contributed by atoms with Crippen molar-refractivity contribution in [3.63, 3.8) is 0 Å². The summed E-state index contributed by atoms with van der Waals surface area (Å²) in [5.41, 5.74) is 2.49. The van der Waals surface area contributed by atoms with Crippen LogP contribution in [0.5, 0.6) is 0 Å². The van der Waals surface area contributed by atoms with Crippen LogP contribution in [0.15, 0.2) is 48.5 Å². The van der Waals surface area contributed by atoms with E-state index in [4.69, 9.17) is 4.74 Å². The quantitative estimate of drug-likeness (QED) is 0.378. The van der Waals surface area contributed by atoms with Crippen molar-refractivity contribution in [2.45, 2.75) is 26.7 Å². The van der Waals surface area contributed by atoms with Crippen LogP contribution in [-0.2, 0) is 14.3 Å². The molecule has 2 aromatic rings. The molecule has 0 saturated heterocycles. The molecule has 0 spiro atoms. The Morgan fingerprint density at radius 3 is 2.28 bits per heavy atom. The van der Waals surface area contributed by atoms with Crippen molar-refractivity contribution < 1.29 is 19.1 Å². The van der Waals surface area contributed by atoms with Gasteiger partial charge in [0.05, 0.1) is 6.54 Å². The Morgan fingerprint density at radius 1 is 0.906 bits per heavy atom. The average Bonchev–Trinajstić information content (AvgIpc) is 2.75. The van der Waals surface area contributed by atoms with Crippen molar-refractivity contribution in [2.75, 3.05) is 42.8 Å². The first-order valence-corrected chi connectivity index (χ1v) is 10.7. The molecule has 8 heteroatoms. The Morgan fingerprint density at radius 2 is 1.59 bits per heavy atom. The highest BCUT2D eigenvalue weighted by atomic mass is 16.5. The zero-order valence-corrected chi connectivity index (χ0v) is 18.9. The second-order valence-corrected chi connectivity index (χ2v) is 7.81. The third kappa shape index (κ3) is 9.18. The molecular weight excluding hydrogens is 408 g/mol. The summed E-state index contributed by atoms with van der Waals surface area (Å²) in [7, 11) is 1.62. The Kier molecular flexibility index (Phi) is 10.2. The van der Waals surface area contributed by atoms with Gasteiger partial charge in [-0.3, -0.25) is 14.4 Å². The van der Waals surface area contributed by atoms with Gasteiger partial charge < -0.3 is 26.0 Å². The molecule has 0 aromatic heterocycles. The number of carbonyl (C=O) groups is 3. The lowest BCUT2D eigenvalue weighted by molar-refractivity contribution is -0.117. The maximum atomic E-state index is 12.3. The molecule has 3 amide bonds. The van der Waals surface area contributed by atoms with Crippen LogP contribution in [0.2, 0.25) is 0 Å². The maximum Gasteiger partial charge on any atom is 0.251 e. The normalized spacial score (nSPS) is 10.5. The molecule has 172 valence electrons. The predicted molar refractivity (Wildman–Crippen MR) is 127 cm³/mol. The lowest BCUT2D eigenvalue weighted by Crippen LogP contribution is -2.25. The van der Waals surface area contributed by atoms with Gasteiger partial charge in [-0.2, -0.15) is 0 Å². The fourth-order valence-electron chi connectivity index (χ4n) is 2.90. The molecule has 0 aliphatic carbocycles. The Balaban J connectivity index is 1.80. The van der Waals surface area contributed by atoms with Crippen LogP contribution < -0.4 is 21.3 Å². The molecule has 0 bridgehead atoms. The summed E-state index contributed by atoms with van der Waals surface area (Å²) in [6, 6.07) is 14.0. The highest BCUT2D eigenvalue weighted by molar-refractivity contribution is 5.98. The summed E-state index contributed by atoms with van der Waals surface area (Å²) >= 11 is 0. The van der Waals surface area contributed by atoms with E-state index in [1.54, 1.807) is 55.6 Å². The third-order valence-corrected chi connectivity index (χ3v) is 4.43. The summed E-state index contributed by atoms with van der Waals surface area (Å²) in [6.07, 6.45) is 1.20. The summed E-state index contributed by atoms with van der Waals surface area (Å²) in [4.78, 5) is 36.3. The summed E-state index contributed by atoms with van der Waals surface area (Å²) in [6.45, 7) is 5.15. The van der Waals surface area contributed by atoms with E-state index in [0.717, 1.165) is 12.1 Å². The summed E-state index contributed by atoms with van der Waals surface area (Å²) < 4.78 is 4.96. The van der Waals surface area contributed by atoms with Crippen molar-refractivity contribution in [2.24, 2.45) is 5.92 Å². The molecule has 8 nitrogen and oxygen atoms in total. The van der Waals surface area contributed by atoms with Crippen molar-refractivity contribution in [3.8, 4) is 0 Å². The van der Waals surface area contributed by atoms with Crippen LogP contribution in [0.3, 0.4) is 0 Å². The Labute approximate surface area is 189 Å². The number of hydrogen-bond donors (Lipinski definition) is 4. The molecule has 0 atom stereocenters. The molecule has 2 aromatic carbocycles. The van der Waals surface area contributed by atoms with Gasteiger partial charge in [0.15, 0.2) is 0 Å². The van der Waals surface area contributed by atoms with Crippen LogP contribution in [0, 0.1) is 5.92 Å². The highest BCUT2D eigenvalue weighted by Crippen LogP contribution is 2.15. The number of nitrogens with one attached hydrogen (secondary N) is 4. The predicted octanol–water partition coefficient (Wildman–Crippen LogP) is 3.49. The van der Waals surface area contributed by atoms with E-state index in [9.17, 15) is 14.4 Å².